The molecule has 0 radical (unpaired) electrons. The van der Waals surface area contributed by atoms with Crippen molar-refractivity contribution in [1.29, 1.82) is 0 Å². The molecule has 1 aliphatic heterocycles. The molecule has 0 unspecified atom stereocenters. The van der Waals surface area contributed by atoms with Crippen LogP contribution in [0.15, 0.2) is 24.3 Å². The Bertz CT molecular complexity index is 627. The summed E-state index contributed by atoms with van der Waals surface area (Å²) in [6.07, 6.45) is 0. The first-order chi connectivity index (χ1) is 11.0. The Hall–Kier alpha value is -1.64. The molecule has 1 amide bonds. The summed E-state index contributed by atoms with van der Waals surface area (Å²) in [5.41, 5.74) is 0.830. The van der Waals surface area contributed by atoms with Gasteiger partial charge in [-0.2, -0.15) is 0 Å². The van der Waals surface area contributed by atoms with Gasteiger partial charge in [0, 0.05) is 37.4 Å². The van der Waals surface area contributed by atoms with E-state index in [4.69, 9.17) is 4.74 Å². The summed E-state index contributed by atoms with van der Waals surface area (Å²) in [5.74, 6) is -0.223. The van der Waals surface area contributed by atoms with Gasteiger partial charge < -0.3 is 10.1 Å². The van der Waals surface area contributed by atoms with Crippen LogP contribution in [0.25, 0.3) is 0 Å². The number of nitrogens with zero attached hydrogens (tertiary/aromatic N) is 1. The summed E-state index contributed by atoms with van der Waals surface area (Å²) >= 11 is 0. The summed E-state index contributed by atoms with van der Waals surface area (Å²) in [7, 11) is -3.35. The number of ether oxygens (including phenoxy) is 1. The third kappa shape index (κ3) is 5.81. The molecule has 0 spiro atoms. The molecule has 2 rings (SSSR count). The van der Waals surface area contributed by atoms with Gasteiger partial charge in [-0.25, -0.2) is 8.42 Å². The average Bonchev–Trinajstić information content (AvgIpc) is 2.55. The lowest BCUT2D eigenvalue weighted by Gasteiger charge is -2.26. The third-order valence-electron chi connectivity index (χ3n) is 3.60. The number of nitrogens with one attached hydrogen (secondary N) is 2. The van der Waals surface area contributed by atoms with Crippen LogP contribution >= 0.6 is 0 Å². The Balaban J connectivity index is 1.86. The minimum Gasteiger partial charge on any atom is -0.379 e. The second kappa shape index (κ2) is 8.28. The highest BCUT2D eigenvalue weighted by molar-refractivity contribution is 7.92. The zero-order chi connectivity index (χ0) is 16.7. The highest BCUT2D eigenvalue weighted by atomic mass is 32.2. The van der Waals surface area contributed by atoms with Gasteiger partial charge >= 0.3 is 0 Å². The Kier molecular flexibility index (Phi) is 6.37. The van der Waals surface area contributed by atoms with Crippen LogP contribution in [0.4, 0.5) is 5.69 Å². The maximum Gasteiger partial charge on any atom is 0.251 e. The molecular weight excluding hydrogens is 318 g/mol. The maximum absolute atomic E-state index is 12.1. The van der Waals surface area contributed by atoms with E-state index in [1.54, 1.807) is 25.1 Å². The van der Waals surface area contributed by atoms with E-state index in [9.17, 15) is 13.2 Å². The number of amides is 1. The largest absolute Gasteiger partial charge is 0.379 e. The molecule has 1 saturated heterocycles. The summed E-state index contributed by atoms with van der Waals surface area (Å²) in [6, 6.07) is 6.48. The molecule has 0 bridgehead atoms. The third-order valence-corrected chi connectivity index (χ3v) is 4.90. The molecule has 1 aromatic carbocycles. The number of carbonyl (C=O) groups is 1. The first-order valence-electron chi connectivity index (χ1n) is 7.69. The fourth-order valence-electron chi connectivity index (χ4n) is 2.23. The minimum absolute atomic E-state index is 0.0109. The molecule has 23 heavy (non-hydrogen) atoms. The first-order valence-corrected chi connectivity index (χ1v) is 9.34. The van der Waals surface area contributed by atoms with Crippen molar-refractivity contribution in [2.45, 2.75) is 6.92 Å². The van der Waals surface area contributed by atoms with Crippen molar-refractivity contribution < 1.29 is 17.9 Å². The smallest absolute Gasteiger partial charge is 0.251 e. The molecule has 8 heteroatoms. The maximum atomic E-state index is 12.1. The number of benzene rings is 1. The summed E-state index contributed by atoms with van der Waals surface area (Å²) in [4.78, 5) is 14.4. The molecule has 1 aliphatic rings. The Morgan fingerprint density at radius 3 is 2.74 bits per heavy atom. The van der Waals surface area contributed by atoms with E-state index in [0.29, 0.717) is 17.8 Å². The van der Waals surface area contributed by atoms with E-state index >= 15 is 0 Å². The monoisotopic (exact) mass is 341 g/mol. The Labute approximate surface area is 137 Å². The topological polar surface area (TPSA) is 87.7 Å². The molecule has 7 nitrogen and oxygen atoms in total. The summed E-state index contributed by atoms with van der Waals surface area (Å²) in [5, 5.41) is 2.85. The predicted molar refractivity (Wildman–Crippen MR) is 89.1 cm³/mol. The van der Waals surface area contributed by atoms with Crippen molar-refractivity contribution in [3.8, 4) is 0 Å². The van der Waals surface area contributed by atoms with Crippen molar-refractivity contribution in [2.24, 2.45) is 0 Å². The number of hydrogen-bond donors (Lipinski definition) is 2. The van der Waals surface area contributed by atoms with Gasteiger partial charge in [0.2, 0.25) is 10.0 Å². The summed E-state index contributed by atoms with van der Waals surface area (Å²) in [6.45, 7) is 6.10. The van der Waals surface area contributed by atoms with Crippen molar-refractivity contribution in [2.75, 3.05) is 49.9 Å². The van der Waals surface area contributed by atoms with Crippen LogP contribution in [0.5, 0.6) is 0 Å². The van der Waals surface area contributed by atoms with Crippen LogP contribution < -0.4 is 10.0 Å². The van der Waals surface area contributed by atoms with Crippen molar-refractivity contribution >= 4 is 21.6 Å². The standard InChI is InChI=1S/C15H23N3O4S/c1-2-23(20,21)17-14-5-3-4-13(12-14)15(19)16-6-7-18-8-10-22-11-9-18/h3-5,12,17H,2,6-11H2,1H3,(H,16,19). The number of sulfonamides is 1. The summed E-state index contributed by atoms with van der Waals surface area (Å²) < 4.78 is 30.9. The fourth-order valence-corrected chi connectivity index (χ4v) is 2.86. The normalized spacial score (nSPS) is 16.0. The van der Waals surface area contributed by atoms with Crippen molar-refractivity contribution in [3.05, 3.63) is 29.8 Å². The molecule has 1 aromatic rings. The van der Waals surface area contributed by atoms with Gasteiger partial charge in [-0.15, -0.1) is 0 Å². The molecule has 0 atom stereocenters. The lowest BCUT2D eigenvalue weighted by Crippen LogP contribution is -2.41. The average molecular weight is 341 g/mol. The SMILES string of the molecule is CCS(=O)(=O)Nc1cccc(C(=O)NCCN2CCOCC2)c1. The van der Waals surface area contributed by atoms with Gasteiger partial charge in [0.15, 0.2) is 0 Å². The van der Waals surface area contributed by atoms with E-state index in [-0.39, 0.29) is 11.7 Å². The van der Waals surface area contributed by atoms with E-state index in [2.05, 4.69) is 14.9 Å². The molecule has 0 saturated carbocycles. The van der Waals surface area contributed by atoms with Gasteiger partial charge in [0.1, 0.15) is 0 Å². The number of morpholine rings is 1. The number of rotatable bonds is 7. The van der Waals surface area contributed by atoms with E-state index in [1.165, 1.54) is 6.07 Å². The Morgan fingerprint density at radius 2 is 2.04 bits per heavy atom. The van der Waals surface area contributed by atoms with Crippen LogP contribution in [-0.4, -0.2) is 64.4 Å². The van der Waals surface area contributed by atoms with Gasteiger partial charge in [-0.3, -0.25) is 14.4 Å². The van der Waals surface area contributed by atoms with Crippen molar-refractivity contribution in [1.82, 2.24) is 10.2 Å². The highest BCUT2D eigenvalue weighted by Crippen LogP contribution is 2.12. The molecule has 1 heterocycles. The molecule has 1 fully saturated rings. The highest BCUT2D eigenvalue weighted by Gasteiger charge is 2.12. The van der Waals surface area contributed by atoms with Crippen LogP contribution in [0.3, 0.4) is 0 Å². The van der Waals surface area contributed by atoms with Crippen molar-refractivity contribution in [3.63, 3.8) is 0 Å². The molecule has 0 aromatic heterocycles. The Morgan fingerprint density at radius 1 is 1.30 bits per heavy atom. The van der Waals surface area contributed by atoms with Gasteiger partial charge in [0.05, 0.1) is 19.0 Å². The first kappa shape index (κ1) is 17.7. The van der Waals surface area contributed by atoms with E-state index < -0.39 is 10.0 Å². The zero-order valence-corrected chi connectivity index (χ0v) is 14.1. The minimum atomic E-state index is -3.35. The van der Waals surface area contributed by atoms with Gasteiger partial charge in [-0.1, -0.05) is 6.07 Å². The molecule has 0 aliphatic carbocycles. The van der Waals surface area contributed by atoms with E-state index in [0.717, 1.165) is 32.8 Å². The van der Waals surface area contributed by atoms with E-state index in [1.807, 2.05) is 0 Å². The fraction of sp³-hybridized carbons (Fsp3) is 0.533. The number of anilines is 1. The van der Waals surface area contributed by atoms with Crippen LogP contribution in [-0.2, 0) is 14.8 Å². The van der Waals surface area contributed by atoms with Crippen LogP contribution in [0, 0.1) is 0 Å². The van der Waals surface area contributed by atoms with Gasteiger partial charge in [-0.05, 0) is 25.1 Å². The molecule has 2 N–H and O–H groups in total. The number of carbonyl (C=O) groups excluding carboxylic acids is 1. The quantitative estimate of drug-likeness (QED) is 0.754. The van der Waals surface area contributed by atoms with Crippen LogP contribution in [0.2, 0.25) is 0 Å². The zero-order valence-electron chi connectivity index (χ0n) is 13.2. The number of hydrogen-bond acceptors (Lipinski definition) is 5. The molecule has 128 valence electrons. The second-order valence-electron chi connectivity index (χ2n) is 5.30. The van der Waals surface area contributed by atoms with Crippen LogP contribution in [0.1, 0.15) is 17.3 Å². The lowest BCUT2D eigenvalue weighted by atomic mass is 10.2. The van der Waals surface area contributed by atoms with Gasteiger partial charge in [0.25, 0.3) is 5.91 Å². The second-order valence-corrected chi connectivity index (χ2v) is 7.31. The lowest BCUT2D eigenvalue weighted by molar-refractivity contribution is 0.0383. The molecular formula is C15H23N3O4S. The predicted octanol–water partition coefficient (Wildman–Crippen LogP) is 0.510.